The van der Waals surface area contributed by atoms with Crippen LogP contribution in [0.15, 0.2) is 36.7 Å². The molecule has 3 heterocycles. The predicted molar refractivity (Wildman–Crippen MR) is 148 cm³/mol. The number of nitrogens with two attached hydrogens (primary N) is 2. The summed E-state index contributed by atoms with van der Waals surface area (Å²) in [5, 5.41) is 13.7. The number of methoxy groups -OCH3 is 1. The van der Waals surface area contributed by atoms with E-state index in [1.165, 1.54) is 24.9 Å². The van der Waals surface area contributed by atoms with Crippen LogP contribution in [0.1, 0.15) is 33.9 Å². The standard InChI is InChI=1S/C25H36N7O8P/c1-14(2)11-37-22(34)15(3)31-41(35,40-16-9-7-6-8-10-16)38-12-17-19(33)25(4,27)23(39-17)32-13-28-18-20(32)29-24(26)30-21(18)36-5/h6-10,13-15,17,19,23,33H,11-12,27H2,1-5H3,(H,31,35)(H2,26,29,30)/t15-,17?,19+,23+,25+,41?/m0/s1. The van der Waals surface area contributed by atoms with Crippen LogP contribution in [0, 0.1) is 5.92 Å². The fourth-order valence-electron chi connectivity index (χ4n) is 4.19. The van der Waals surface area contributed by atoms with Gasteiger partial charge in [-0.1, -0.05) is 32.0 Å². The lowest BCUT2D eigenvalue weighted by atomic mass is 9.93. The van der Waals surface area contributed by atoms with Crippen molar-refractivity contribution in [2.75, 3.05) is 26.1 Å². The molecule has 1 aliphatic rings. The third-order valence-corrected chi connectivity index (χ3v) is 7.96. The minimum absolute atomic E-state index is 0.0561. The molecule has 1 fully saturated rings. The lowest BCUT2D eigenvalue weighted by Gasteiger charge is -2.28. The quantitative estimate of drug-likeness (QED) is 0.174. The maximum absolute atomic E-state index is 13.9. The Hall–Kier alpha value is -3.33. The van der Waals surface area contributed by atoms with Gasteiger partial charge >= 0.3 is 13.7 Å². The number of aliphatic hydroxyl groups excluding tert-OH is 1. The highest BCUT2D eigenvalue weighted by Gasteiger charge is 2.53. The Morgan fingerprint density at radius 1 is 1.27 bits per heavy atom. The molecular weight excluding hydrogens is 557 g/mol. The lowest BCUT2D eigenvalue weighted by Crippen LogP contribution is -2.52. The van der Waals surface area contributed by atoms with E-state index in [9.17, 15) is 14.5 Å². The third-order valence-electron chi connectivity index (χ3n) is 6.32. The summed E-state index contributed by atoms with van der Waals surface area (Å²) in [6.07, 6.45) is -1.92. The zero-order chi connectivity index (χ0) is 29.9. The van der Waals surface area contributed by atoms with E-state index in [0.29, 0.717) is 5.52 Å². The van der Waals surface area contributed by atoms with Crippen molar-refractivity contribution in [3.8, 4) is 11.6 Å². The topological polar surface area (TPSA) is 208 Å². The molecule has 1 aliphatic heterocycles. The minimum atomic E-state index is -4.21. The summed E-state index contributed by atoms with van der Waals surface area (Å²) in [5.41, 5.74) is 11.6. The average molecular weight is 594 g/mol. The van der Waals surface area contributed by atoms with Gasteiger partial charge in [-0.05, 0) is 31.9 Å². The van der Waals surface area contributed by atoms with Crippen LogP contribution >= 0.6 is 7.75 Å². The number of hydrogen-bond acceptors (Lipinski definition) is 13. The molecule has 15 nitrogen and oxygen atoms in total. The van der Waals surface area contributed by atoms with Gasteiger partial charge in [0, 0.05) is 0 Å². The number of carbonyl (C=O) groups is 1. The van der Waals surface area contributed by atoms with Gasteiger partial charge in [0.1, 0.15) is 24.0 Å². The zero-order valence-corrected chi connectivity index (χ0v) is 24.4. The van der Waals surface area contributed by atoms with Crippen LogP contribution in [0.25, 0.3) is 11.2 Å². The molecule has 0 bridgehead atoms. The van der Waals surface area contributed by atoms with E-state index in [2.05, 4.69) is 20.0 Å². The number of rotatable bonds is 12. The molecule has 1 saturated heterocycles. The van der Waals surface area contributed by atoms with E-state index in [1.54, 1.807) is 37.3 Å². The molecular formula is C25H36N7O8P. The molecule has 3 aromatic rings. The first-order valence-electron chi connectivity index (χ1n) is 12.9. The first kappa shape index (κ1) is 30.6. The first-order valence-corrected chi connectivity index (χ1v) is 14.5. The number of aliphatic hydroxyl groups is 1. The third kappa shape index (κ3) is 6.77. The van der Waals surface area contributed by atoms with Crippen molar-refractivity contribution in [2.45, 2.75) is 57.7 Å². The van der Waals surface area contributed by atoms with Gasteiger partial charge in [-0.25, -0.2) is 9.55 Å². The van der Waals surface area contributed by atoms with Crippen LogP contribution in [0.2, 0.25) is 0 Å². The molecule has 4 rings (SSSR count). The number of fused-ring (bicyclic) bond motifs is 1. The van der Waals surface area contributed by atoms with Crippen molar-refractivity contribution in [2.24, 2.45) is 11.7 Å². The van der Waals surface area contributed by atoms with Crippen LogP contribution in [0.3, 0.4) is 0 Å². The molecule has 16 heteroatoms. The zero-order valence-electron chi connectivity index (χ0n) is 23.5. The molecule has 2 aromatic heterocycles. The lowest BCUT2D eigenvalue weighted by molar-refractivity contribution is -0.146. The highest BCUT2D eigenvalue weighted by Crippen LogP contribution is 2.47. The van der Waals surface area contributed by atoms with Crippen molar-refractivity contribution >= 4 is 30.8 Å². The second-order valence-corrected chi connectivity index (χ2v) is 12.0. The summed E-state index contributed by atoms with van der Waals surface area (Å²) in [6, 6.07) is 7.27. The first-order chi connectivity index (χ1) is 19.3. The number of nitrogens with zero attached hydrogens (tertiary/aromatic N) is 4. The fourth-order valence-corrected chi connectivity index (χ4v) is 5.70. The number of para-hydroxylation sites is 1. The summed E-state index contributed by atoms with van der Waals surface area (Å²) in [7, 11) is -2.79. The van der Waals surface area contributed by atoms with Gasteiger partial charge < -0.3 is 35.3 Å². The molecule has 6 atom stereocenters. The van der Waals surface area contributed by atoms with Crippen molar-refractivity contribution < 1.29 is 37.7 Å². The predicted octanol–water partition coefficient (Wildman–Crippen LogP) is 1.77. The van der Waals surface area contributed by atoms with Gasteiger partial charge in [0.25, 0.3) is 0 Å². The number of imidazole rings is 1. The van der Waals surface area contributed by atoms with Crippen molar-refractivity contribution in [3.05, 3.63) is 36.7 Å². The van der Waals surface area contributed by atoms with Crippen LogP contribution in [-0.4, -0.2) is 74.7 Å². The molecule has 224 valence electrons. The van der Waals surface area contributed by atoms with Crippen LogP contribution in [-0.2, 0) is 23.4 Å². The summed E-state index contributed by atoms with van der Waals surface area (Å²) in [5.74, 6) is -0.175. The molecule has 1 aromatic carbocycles. The van der Waals surface area contributed by atoms with Crippen molar-refractivity contribution in [1.29, 1.82) is 0 Å². The van der Waals surface area contributed by atoms with Crippen molar-refractivity contribution in [3.63, 3.8) is 0 Å². The Balaban J connectivity index is 1.54. The van der Waals surface area contributed by atoms with E-state index in [-0.39, 0.29) is 35.7 Å². The number of hydrogen-bond donors (Lipinski definition) is 4. The van der Waals surface area contributed by atoms with Crippen LogP contribution < -0.4 is 25.8 Å². The highest BCUT2D eigenvalue weighted by molar-refractivity contribution is 7.52. The highest BCUT2D eigenvalue weighted by atomic mass is 31.2. The van der Waals surface area contributed by atoms with Gasteiger partial charge in [0.2, 0.25) is 11.8 Å². The van der Waals surface area contributed by atoms with Gasteiger partial charge in [-0.2, -0.15) is 15.1 Å². The summed E-state index contributed by atoms with van der Waals surface area (Å²) in [6.45, 7) is 6.64. The number of aromatic nitrogens is 4. The van der Waals surface area contributed by atoms with E-state index < -0.39 is 50.3 Å². The summed E-state index contributed by atoms with van der Waals surface area (Å²) >= 11 is 0. The molecule has 2 unspecified atom stereocenters. The molecule has 0 radical (unpaired) electrons. The molecule has 0 amide bonds. The maximum Gasteiger partial charge on any atom is 0.459 e. The number of benzene rings is 1. The monoisotopic (exact) mass is 593 g/mol. The number of nitrogens with one attached hydrogen (secondary N) is 1. The Labute approximate surface area is 237 Å². The Morgan fingerprint density at radius 2 is 1.98 bits per heavy atom. The Bertz CT molecular complexity index is 1400. The van der Waals surface area contributed by atoms with Crippen LogP contribution in [0.4, 0.5) is 5.95 Å². The molecule has 0 spiro atoms. The summed E-state index contributed by atoms with van der Waals surface area (Å²) in [4.78, 5) is 25.0. The van der Waals surface area contributed by atoms with Gasteiger partial charge in [-0.3, -0.25) is 13.9 Å². The molecule has 6 N–H and O–H groups in total. The van der Waals surface area contributed by atoms with E-state index in [0.717, 1.165) is 0 Å². The molecule has 41 heavy (non-hydrogen) atoms. The van der Waals surface area contributed by atoms with E-state index in [4.69, 9.17) is 34.7 Å². The molecule has 0 aliphatic carbocycles. The number of esters is 1. The van der Waals surface area contributed by atoms with E-state index in [1.807, 2.05) is 13.8 Å². The maximum atomic E-state index is 13.9. The second-order valence-electron chi connectivity index (χ2n) is 10.3. The second kappa shape index (κ2) is 12.3. The Morgan fingerprint density at radius 3 is 2.63 bits per heavy atom. The smallest absolute Gasteiger partial charge is 0.459 e. The number of anilines is 1. The number of ether oxygens (including phenoxy) is 3. The minimum Gasteiger partial charge on any atom is -0.479 e. The Kier molecular flexibility index (Phi) is 9.16. The number of carbonyl (C=O) groups excluding carboxylic acids is 1. The van der Waals surface area contributed by atoms with Gasteiger partial charge in [0.05, 0.1) is 32.2 Å². The molecule has 0 saturated carbocycles. The van der Waals surface area contributed by atoms with E-state index >= 15 is 0 Å². The number of nitrogen functional groups attached to an aromatic ring is 1. The normalized spacial score (nSPS) is 24.7. The largest absolute Gasteiger partial charge is 0.479 e. The van der Waals surface area contributed by atoms with Gasteiger partial charge in [0.15, 0.2) is 17.4 Å². The average Bonchev–Trinajstić information content (AvgIpc) is 3.43. The van der Waals surface area contributed by atoms with Crippen LogP contribution in [0.5, 0.6) is 11.6 Å². The SMILES string of the molecule is COc1nc(N)nc2c1ncn2[C@@H]1OC(COP(=O)(N[C@@H](C)C(=O)OCC(C)C)Oc2ccccc2)[C@@H](O)[C@@]1(C)N. The van der Waals surface area contributed by atoms with Crippen molar-refractivity contribution in [1.82, 2.24) is 24.6 Å². The fraction of sp³-hybridized carbons (Fsp3) is 0.520. The summed E-state index contributed by atoms with van der Waals surface area (Å²) < 4.78 is 43.4. The van der Waals surface area contributed by atoms with Gasteiger partial charge in [-0.15, -0.1) is 0 Å².